The molecule has 0 N–H and O–H groups in total. The van der Waals surface area contributed by atoms with Crippen LogP contribution in [0, 0.1) is 0 Å². The minimum atomic E-state index is 0.697. The summed E-state index contributed by atoms with van der Waals surface area (Å²) < 4.78 is 7.45. The van der Waals surface area contributed by atoms with Gasteiger partial charge in [0, 0.05) is 6.07 Å². The van der Waals surface area contributed by atoms with Gasteiger partial charge in [-0.05, 0) is 39.3 Å². The van der Waals surface area contributed by atoms with Gasteiger partial charge in [-0.3, -0.25) is 0 Å². The molecule has 0 saturated heterocycles. The Labute approximate surface area is 100 Å². The summed E-state index contributed by atoms with van der Waals surface area (Å²) in [5.41, 5.74) is 0. The molecule has 72 valence electrons. The highest BCUT2D eigenvalue weighted by atomic mass is 127. The third-order valence-corrected chi connectivity index (χ3v) is 2.67. The lowest BCUT2D eigenvalue weighted by molar-refractivity contribution is 0.298. The number of pyridine rings is 1. The maximum absolute atomic E-state index is 5.44. The minimum Gasteiger partial charge on any atom is -0.478 e. The molecule has 0 aliphatic carbocycles. The van der Waals surface area contributed by atoms with Crippen molar-refractivity contribution in [2.75, 3.05) is 11.0 Å². The zero-order chi connectivity index (χ0) is 9.52. The fraction of sp³-hybridized carbons (Fsp3) is 0.444. The Balaban J connectivity index is 2.28. The van der Waals surface area contributed by atoms with Crippen LogP contribution in [0.4, 0.5) is 0 Å². The van der Waals surface area contributed by atoms with Crippen molar-refractivity contribution >= 4 is 38.5 Å². The van der Waals surface area contributed by atoms with Crippen LogP contribution in [0.1, 0.15) is 12.8 Å². The van der Waals surface area contributed by atoms with Gasteiger partial charge in [0.2, 0.25) is 5.88 Å². The molecule has 1 rings (SSSR count). The van der Waals surface area contributed by atoms with Gasteiger partial charge in [0.15, 0.2) is 0 Å². The van der Waals surface area contributed by atoms with Crippen molar-refractivity contribution in [2.45, 2.75) is 12.8 Å². The number of hydrogen-bond acceptors (Lipinski definition) is 2. The van der Waals surface area contributed by atoms with E-state index in [2.05, 4.69) is 43.5 Å². The minimum absolute atomic E-state index is 0.697. The van der Waals surface area contributed by atoms with E-state index in [-0.39, 0.29) is 0 Å². The predicted molar refractivity (Wildman–Crippen MR) is 65.6 cm³/mol. The van der Waals surface area contributed by atoms with Gasteiger partial charge in [-0.25, -0.2) is 4.98 Å². The zero-order valence-corrected chi connectivity index (χ0v) is 10.9. The largest absolute Gasteiger partial charge is 0.478 e. The highest BCUT2D eigenvalue weighted by molar-refractivity contribution is 14.1. The van der Waals surface area contributed by atoms with E-state index >= 15 is 0 Å². The van der Waals surface area contributed by atoms with E-state index < -0.39 is 0 Å². The van der Waals surface area contributed by atoms with E-state index in [1.807, 2.05) is 18.2 Å². The van der Waals surface area contributed by atoms with E-state index in [1.54, 1.807) is 0 Å². The molecule has 1 aromatic rings. The van der Waals surface area contributed by atoms with Gasteiger partial charge in [-0.1, -0.05) is 28.7 Å². The molecular weight excluding hydrogens is 345 g/mol. The Morgan fingerprint density at radius 3 is 2.92 bits per heavy atom. The monoisotopic (exact) mass is 355 g/mol. The van der Waals surface area contributed by atoms with Gasteiger partial charge >= 0.3 is 0 Å². The molecular formula is C9H11BrINO. The summed E-state index contributed by atoms with van der Waals surface area (Å²) in [6, 6.07) is 5.68. The van der Waals surface area contributed by atoms with Crippen molar-refractivity contribution in [1.29, 1.82) is 0 Å². The number of rotatable bonds is 5. The standard InChI is InChI=1S/C9H11BrINO/c10-8-4-3-5-9(12-8)13-7-2-1-6-11/h3-5H,1-2,6-7H2. The van der Waals surface area contributed by atoms with E-state index in [0.29, 0.717) is 5.88 Å². The molecule has 0 amide bonds. The second-order valence-electron chi connectivity index (χ2n) is 2.54. The van der Waals surface area contributed by atoms with Crippen LogP contribution >= 0.6 is 38.5 Å². The Morgan fingerprint density at radius 2 is 2.23 bits per heavy atom. The van der Waals surface area contributed by atoms with Gasteiger partial charge in [-0.2, -0.15) is 0 Å². The summed E-state index contributed by atoms with van der Waals surface area (Å²) in [5, 5.41) is 0. The zero-order valence-electron chi connectivity index (χ0n) is 7.17. The quantitative estimate of drug-likeness (QED) is 0.349. The molecule has 0 unspecified atom stereocenters. The Hall–Kier alpha value is 0.160. The summed E-state index contributed by atoms with van der Waals surface area (Å²) in [5.74, 6) is 0.697. The summed E-state index contributed by atoms with van der Waals surface area (Å²) in [7, 11) is 0. The van der Waals surface area contributed by atoms with E-state index in [4.69, 9.17) is 4.74 Å². The molecule has 4 heteroatoms. The normalized spacial score (nSPS) is 10.0. The van der Waals surface area contributed by atoms with Crippen LogP contribution in [-0.4, -0.2) is 16.0 Å². The number of alkyl halides is 1. The molecule has 0 atom stereocenters. The number of unbranched alkanes of at least 4 members (excludes halogenated alkanes) is 1. The number of nitrogens with zero attached hydrogens (tertiary/aromatic N) is 1. The molecule has 0 radical (unpaired) electrons. The second kappa shape index (κ2) is 6.59. The van der Waals surface area contributed by atoms with Crippen molar-refractivity contribution in [3.8, 4) is 5.88 Å². The lowest BCUT2D eigenvalue weighted by atomic mass is 10.4. The summed E-state index contributed by atoms with van der Waals surface area (Å²) in [6.45, 7) is 0.756. The van der Waals surface area contributed by atoms with Crippen molar-refractivity contribution in [3.05, 3.63) is 22.8 Å². The predicted octanol–water partition coefficient (Wildman–Crippen LogP) is 3.44. The van der Waals surface area contributed by atoms with E-state index in [9.17, 15) is 0 Å². The molecule has 0 fully saturated rings. The molecule has 1 aromatic heterocycles. The summed E-state index contributed by atoms with van der Waals surface area (Å²) >= 11 is 5.66. The van der Waals surface area contributed by atoms with Gasteiger partial charge in [0.25, 0.3) is 0 Å². The van der Waals surface area contributed by atoms with Crippen LogP contribution in [0.2, 0.25) is 0 Å². The van der Waals surface area contributed by atoms with Gasteiger partial charge in [0.1, 0.15) is 4.60 Å². The van der Waals surface area contributed by atoms with Crippen LogP contribution in [0.25, 0.3) is 0 Å². The van der Waals surface area contributed by atoms with Crippen LogP contribution < -0.4 is 4.74 Å². The molecule has 0 spiro atoms. The Morgan fingerprint density at radius 1 is 1.38 bits per heavy atom. The van der Waals surface area contributed by atoms with Gasteiger partial charge < -0.3 is 4.74 Å². The maximum atomic E-state index is 5.44. The highest BCUT2D eigenvalue weighted by Crippen LogP contribution is 2.12. The molecule has 0 aliphatic rings. The number of halogens is 2. The maximum Gasteiger partial charge on any atom is 0.214 e. The van der Waals surface area contributed by atoms with Gasteiger partial charge in [0.05, 0.1) is 6.61 Å². The lowest BCUT2D eigenvalue weighted by Gasteiger charge is -2.03. The van der Waals surface area contributed by atoms with Crippen molar-refractivity contribution in [2.24, 2.45) is 0 Å². The van der Waals surface area contributed by atoms with Crippen molar-refractivity contribution in [1.82, 2.24) is 4.98 Å². The molecule has 1 heterocycles. The first-order chi connectivity index (χ1) is 6.33. The Bertz CT molecular complexity index is 257. The fourth-order valence-corrected chi connectivity index (χ4v) is 1.71. The number of hydrogen-bond donors (Lipinski definition) is 0. The number of ether oxygens (including phenoxy) is 1. The molecule has 0 aliphatic heterocycles. The smallest absolute Gasteiger partial charge is 0.214 e. The van der Waals surface area contributed by atoms with Gasteiger partial charge in [-0.15, -0.1) is 0 Å². The van der Waals surface area contributed by atoms with Crippen LogP contribution in [0.3, 0.4) is 0 Å². The van der Waals surface area contributed by atoms with Crippen molar-refractivity contribution < 1.29 is 4.74 Å². The number of aromatic nitrogens is 1. The first-order valence-electron chi connectivity index (χ1n) is 4.14. The average Bonchev–Trinajstić information content (AvgIpc) is 2.13. The highest BCUT2D eigenvalue weighted by Gasteiger charge is 1.95. The molecule has 13 heavy (non-hydrogen) atoms. The third-order valence-electron chi connectivity index (χ3n) is 1.47. The first-order valence-corrected chi connectivity index (χ1v) is 6.46. The molecule has 0 bridgehead atoms. The fourth-order valence-electron chi connectivity index (χ4n) is 0.843. The Kier molecular flexibility index (Phi) is 5.70. The van der Waals surface area contributed by atoms with E-state index in [1.165, 1.54) is 10.8 Å². The van der Waals surface area contributed by atoms with Crippen LogP contribution in [0.15, 0.2) is 22.8 Å². The molecule has 2 nitrogen and oxygen atoms in total. The van der Waals surface area contributed by atoms with Crippen molar-refractivity contribution in [3.63, 3.8) is 0 Å². The van der Waals surface area contributed by atoms with Crippen LogP contribution in [-0.2, 0) is 0 Å². The third kappa shape index (κ3) is 4.81. The first kappa shape index (κ1) is 11.2. The van der Waals surface area contributed by atoms with Crippen LogP contribution in [0.5, 0.6) is 5.88 Å². The molecule has 0 saturated carbocycles. The average molecular weight is 356 g/mol. The topological polar surface area (TPSA) is 22.1 Å². The molecule has 0 aromatic carbocycles. The SMILES string of the molecule is Brc1cccc(OCCCCI)n1. The second-order valence-corrected chi connectivity index (χ2v) is 4.43. The summed E-state index contributed by atoms with van der Waals surface area (Å²) in [6.07, 6.45) is 2.30. The lowest BCUT2D eigenvalue weighted by Crippen LogP contribution is -1.99. The van der Waals surface area contributed by atoms with E-state index in [0.717, 1.165) is 17.6 Å². The summed E-state index contributed by atoms with van der Waals surface area (Å²) in [4.78, 5) is 4.16.